The van der Waals surface area contributed by atoms with Gasteiger partial charge in [0, 0.05) is 18.3 Å². The summed E-state index contributed by atoms with van der Waals surface area (Å²) in [6.07, 6.45) is 6.21. The Balaban J connectivity index is 1.81. The minimum Gasteiger partial charge on any atom is -0.462 e. The van der Waals surface area contributed by atoms with Gasteiger partial charge in [-0.2, -0.15) is 0 Å². The van der Waals surface area contributed by atoms with E-state index in [4.69, 9.17) is 9.84 Å². The summed E-state index contributed by atoms with van der Waals surface area (Å²) >= 11 is 0. The Kier molecular flexibility index (Phi) is 4.68. The molecule has 1 aromatic carbocycles. The topological polar surface area (TPSA) is 118 Å². The average molecular weight is 402 g/mol. The lowest BCUT2D eigenvalue weighted by atomic mass is 9.87. The van der Waals surface area contributed by atoms with Crippen LogP contribution in [0.4, 0.5) is 0 Å². The van der Waals surface area contributed by atoms with Gasteiger partial charge in [0.15, 0.2) is 5.69 Å². The Morgan fingerprint density at radius 1 is 1.17 bits per heavy atom. The number of hydrogen-bond acceptors (Lipinski definition) is 7. The third kappa shape index (κ3) is 3.46. The highest BCUT2D eigenvalue weighted by Gasteiger charge is 2.25. The van der Waals surface area contributed by atoms with Crippen molar-refractivity contribution < 1.29 is 14.6 Å². The number of carbonyl (C=O) groups excluding carboxylic acids is 1. The number of benzene rings is 1. The number of ether oxygens (including phenoxy) is 1. The van der Waals surface area contributed by atoms with Gasteiger partial charge >= 0.3 is 0 Å². The summed E-state index contributed by atoms with van der Waals surface area (Å²) in [7, 11) is 0. The Morgan fingerprint density at radius 2 is 1.93 bits per heavy atom. The smallest absolute Gasteiger partial charge is 0.260 e. The van der Waals surface area contributed by atoms with Crippen molar-refractivity contribution >= 4 is 11.4 Å². The number of rotatable bonds is 4. The van der Waals surface area contributed by atoms with Gasteiger partial charge in [-0.15, -0.1) is 10.2 Å². The lowest BCUT2D eigenvalue weighted by Gasteiger charge is -2.19. The van der Waals surface area contributed by atoms with E-state index in [-0.39, 0.29) is 22.5 Å². The summed E-state index contributed by atoms with van der Waals surface area (Å²) in [6, 6.07) is 7.55. The number of fused-ring (bicyclic) bond motifs is 1. The third-order valence-electron chi connectivity index (χ3n) is 4.45. The molecule has 3 heterocycles. The van der Waals surface area contributed by atoms with Crippen LogP contribution in [0.1, 0.15) is 36.8 Å². The molecular weight excluding hydrogens is 384 g/mol. The number of aromatic nitrogens is 6. The Hall–Kier alpha value is -4.19. The molecule has 0 bridgehead atoms. The monoisotopic (exact) mass is 402 g/mol. The zero-order chi connectivity index (χ0) is 21.3. The normalized spacial score (nSPS) is 11.2. The lowest BCUT2D eigenvalue weighted by Crippen LogP contribution is -2.10. The lowest BCUT2D eigenvalue weighted by molar-refractivity contribution is 0.104. The fourth-order valence-electron chi connectivity index (χ4n) is 2.90. The highest BCUT2D eigenvalue weighted by molar-refractivity contribution is 6.10. The summed E-state index contributed by atoms with van der Waals surface area (Å²) in [6.45, 7) is 6.35. The molecule has 0 aliphatic heterocycles. The molecule has 9 nitrogen and oxygen atoms in total. The minimum atomic E-state index is -0.658. The number of aromatic amines is 1. The maximum Gasteiger partial charge on any atom is 0.260 e. The van der Waals surface area contributed by atoms with Gasteiger partial charge in [-0.1, -0.05) is 32.9 Å². The van der Waals surface area contributed by atoms with Crippen LogP contribution in [0, 0.1) is 12.0 Å². The summed E-state index contributed by atoms with van der Waals surface area (Å²) < 4.78 is 7.45. The van der Waals surface area contributed by atoms with E-state index in [1.807, 2.05) is 24.3 Å². The van der Waals surface area contributed by atoms with Gasteiger partial charge in [-0.05, 0) is 23.1 Å². The average Bonchev–Trinajstić information content (AvgIpc) is 3.29. The Bertz CT molecular complexity index is 1270. The van der Waals surface area contributed by atoms with E-state index in [1.54, 1.807) is 6.11 Å². The van der Waals surface area contributed by atoms with Crippen LogP contribution in [0.3, 0.4) is 0 Å². The molecule has 3 aromatic heterocycles. The fourth-order valence-corrected chi connectivity index (χ4v) is 2.90. The number of nitrogens with one attached hydrogen (secondary N) is 1. The van der Waals surface area contributed by atoms with Gasteiger partial charge < -0.3 is 9.84 Å². The van der Waals surface area contributed by atoms with E-state index in [1.165, 1.54) is 23.1 Å². The Morgan fingerprint density at radius 3 is 2.57 bits per heavy atom. The standard InChI is InChI=1S/C21H18N6O3/c1-21(2,3)13-4-6-14(7-5-13)30-18-17(16(29)8-11-28)26-27-19(24-25-20(18)27)15-12-22-9-10-23-15/h4-7,9-10,12,26,28H,1-3H3. The molecule has 4 aromatic rings. The van der Waals surface area contributed by atoms with Gasteiger partial charge in [-0.25, -0.2) is 9.50 Å². The van der Waals surface area contributed by atoms with E-state index >= 15 is 0 Å². The van der Waals surface area contributed by atoms with Crippen molar-refractivity contribution in [2.24, 2.45) is 0 Å². The molecule has 0 spiro atoms. The van der Waals surface area contributed by atoms with Gasteiger partial charge in [0.1, 0.15) is 17.5 Å². The molecule has 2 N–H and O–H groups in total. The van der Waals surface area contributed by atoms with Crippen molar-refractivity contribution in [3.8, 4) is 35.0 Å². The number of H-pyrrole nitrogens is 1. The summed E-state index contributed by atoms with van der Waals surface area (Å²) in [5.41, 5.74) is 1.91. The molecule has 9 heteroatoms. The Labute approximate surface area is 171 Å². The summed E-state index contributed by atoms with van der Waals surface area (Å²) in [5.74, 6) is 2.44. The number of Topliss-reactive ketones (excluding diaryl/α,β-unsaturated/α-hetero) is 1. The number of aliphatic hydroxyl groups excluding tert-OH is 1. The second kappa shape index (κ2) is 7.33. The molecule has 4 rings (SSSR count). The quantitative estimate of drug-likeness (QED) is 0.398. The van der Waals surface area contributed by atoms with E-state index in [2.05, 4.69) is 52.0 Å². The largest absolute Gasteiger partial charge is 0.462 e. The number of hydrogen-bond donors (Lipinski definition) is 2. The van der Waals surface area contributed by atoms with Crippen molar-refractivity contribution in [2.75, 3.05) is 0 Å². The molecule has 0 aliphatic rings. The fraction of sp³-hybridized carbons (Fsp3) is 0.190. The van der Waals surface area contributed by atoms with Gasteiger partial charge in [0.25, 0.3) is 5.78 Å². The van der Waals surface area contributed by atoms with Crippen LogP contribution in [0.25, 0.3) is 17.2 Å². The van der Waals surface area contributed by atoms with Crippen molar-refractivity contribution in [1.29, 1.82) is 0 Å². The van der Waals surface area contributed by atoms with Crippen LogP contribution in [-0.2, 0) is 5.41 Å². The van der Waals surface area contributed by atoms with Crippen LogP contribution in [-0.4, -0.2) is 40.7 Å². The number of nitrogens with zero attached hydrogens (tertiary/aromatic N) is 5. The zero-order valence-electron chi connectivity index (χ0n) is 16.5. The van der Waals surface area contributed by atoms with Crippen LogP contribution < -0.4 is 4.74 Å². The number of ketones is 1. The van der Waals surface area contributed by atoms with Crippen molar-refractivity contribution in [1.82, 2.24) is 29.8 Å². The van der Waals surface area contributed by atoms with Crippen LogP contribution >= 0.6 is 0 Å². The predicted molar refractivity (Wildman–Crippen MR) is 108 cm³/mol. The van der Waals surface area contributed by atoms with Crippen LogP contribution in [0.15, 0.2) is 42.9 Å². The van der Waals surface area contributed by atoms with Gasteiger partial charge in [0.05, 0.1) is 6.20 Å². The summed E-state index contributed by atoms with van der Waals surface area (Å²) in [5, 5.41) is 20.0. The van der Waals surface area contributed by atoms with E-state index in [0.29, 0.717) is 17.3 Å². The molecule has 0 saturated heterocycles. The highest BCUT2D eigenvalue weighted by atomic mass is 16.5. The van der Waals surface area contributed by atoms with Crippen molar-refractivity contribution in [3.63, 3.8) is 0 Å². The first-order valence-electron chi connectivity index (χ1n) is 9.10. The van der Waals surface area contributed by atoms with Crippen LogP contribution in [0.5, 0.6) is 11.5 Å². The first-order valence-corrected chi connectivity index (χ1v) is 9.10. The van der Waals surface area contributed by atoms with Crippen molar-refractivity contribution in [2.45, 2.75) is 26.2 Å². The van der Waals surface area contributed by atoms with Crippen molar-refractivity contribution in [3.05, 3.63) is 54.1 Å². The predicted octanol–water partition coefficient (Wildman–Crippen LogP) is 3.12. The first-order chi connectivity index (χ1) is 14.4. The van der Waals surface area contributed by atoms with E-state index in [9.17, 15) is 4.79 Å². The van der Waals surface area contributed by atoms with Gasteiger partial charge in [-0.3, -0.25) is 14.9 Å². The number of aliphatic hydroxyl groups is 1. The molecule has 0 aliphatic carbocycles. The number of carbonyl (C=O) groups is 1. The second-order valence-electron chi connectivity index (χ2n) is 7.53. The maximum atomic E-state index is 12.4. The van der Waals surface area contributed by atoms with E-state index < -0.39 is 5.78 Å². The molecule has 30 heavy (non-hydrogen) atoms. The molecule has 0 amide bonds. The van der Waals surface area contributed by atoms with E-state index in [0.717, 1.165) is 5.56 Å². The molecule has 150 valence electrons. The molecule has 0 atom stereocenters. The molecule has 0 fully saturated rings. The first kappa shape index (κ1) is 19.1. The zero-order valence-corrected chi connectivity index (χ0v) is 16.5. The van der Waals surface area contributed by atoms with Crippen LogP contribution in [0.2, 0.25) is 0 Å². The molecule has 0 unspecified atom stereocenters. The molecular formula is C21H18N6O3. The summed E-state index contributed by atoms with van der Waals surface area (Å²) in [4.78, 5) is 20.7. The SMILES string of the molecule is CC(C)(C)c1ccc(Oc2c(C(=O)C#CO)[nH]n3c(-c4cnccn4)nnc23)cc1. The second-order valence-corrected chi connectivity index (χ2v) is 7.53. The highest BCUT2D eigenvalue weighted by Crippen LogP contribution is 2.32. The maximum absolute atomic E-state index is 12.4. The minimum absolute atomic E-state index is 0.00362. The molecule has 0 saturated carbocycles. The third-order valence-corrected chi connectivity index (χ3v) is 4.45. The van der Waals surface area contributed by atoms with Gasteiger partial charge in [0.2, 0.25) is 17.2 Å². The molecule has 0 radical (unpaired) electrons.